The molecule has 0 spiro atoms. The number of nitrogens with one attached hydrogen (secondary N) is 1. The van der Waals surface area contributed by atoms with Crippen molar-refractivity contribution in [2.45, 2.75) is 45.4 Å². The van der Waals surface area contributed by atoms with E-state index < -0.39 is 0 Å². The summed E-state index contributed by atoms with van der Waals surface area (Å²) >= 11 is 0. The molecule has 18 heavy (non-hydrogen) atoms. The lowest BCUT2D eigenvalue weighted by molar-refractivity contribution is 0.372. The van der Waals surface area contributed by atoms with Gasteiger partial charge in [0.2, 0.25) is 0 Å². The van der Waals surface area contributed by atoms with E-state index in [1.807, 2.05) is 7.05 Å². The van der Waals surface area contributed by atoms with Crippen LogP contribution in [0.3, 0.4) is 0 Å². The van der Waals surface area contributed by atoms with E-state index in [0.29, 0.717) is 5.92 Å². The van der Waals surface area contributed by atoms with Crippen LogP contribution in [0.25, 0.3) is 0 Å². The molecule has 0 saturated carbocycles. The molecule has 2 heteroatoms. The Morgan fingerprint density at radius 2 is 2.00 bits per heavy atom. The molecule has 0 aliphatic carbocycles. The summed E-state index contributed by atoms with van der Waals surface area (Å²) in [5.41, 5.74) is 2.81. The molecule has 0 radical (unpaired) electrons. The van der Waals surface area contributed by atoms with E-state index in [9.17, 15) is 0 Å². The summed E-state index contributed by atoms with van der Waals surface area (Å²) in [5, 5.41) is 3.30. The fourth-order valence-electron chi connectivity index (χ4n) is 2.36. The molecule has 0 amide bonds. The zero-order chi connectivity index (χ0) is 13.8. The molecule has 0 aromatic heterocycles. The van der Waals surface area contributed by atoms with E-state index in [2.05, 4.69) is 51.2 Å². The van der Waals surface area contributed by atoms with Crippen molar-refractivity contribution in [3.05, 3.63) is 29.3 Å². The smallest absolute Gasteiger partial charge is 0.122 e. The van der Waals surface area contributed by atoms with Gasteiger partial charge in [-0.25, -0.2) is 0 Å². The van der Waals surface area contributed by atoms with Crippen molar-refractivity contribution in [2.24, 2.45) is 0 Å². The van der Waals surface area contributed by atoms with E-state index in [1.165, 1.54) is 11.1 Å². The largest absolute Gasteiger partial charge is 0.496 e. The predicted molar refractivity (Wildman–Crippen MR) is 78.7 cm³/mol. The Bertz CT molecular complexity index is 387. The molecule has 1 unspecified atom stereocenters. The standard InChI is InChI=1S/C16H27NO/c1-7-16(4,11-17-5)14-10-13(12(2)3)8-9-15(14)18-6/h8-10,12,17H,7,11H2,1-6H3. The first kappa shape index (κ1) is 15.0. The van der Waals surface area contributed by atoms with Gasteiger partial charge in [-0.05, 0) is 31.0 Å². The van der Waals surface area contributed by atoms with Gasteiger partial charge in [-0.1, -0.05) is 39.8 Å². The van der Waals surface area contributed by atoms with Crippen molar-refractivity contribution in [3.8, 4) is 5.75 Å². The van der Waals surface area contributed by atoms with Gasteiger partial charge in [-0.15, -0.1) is 0 Å². The molecule has 0 aliphatic rings. The van der Waals surface area contributed by atoms with Gasteiger partial charge >= 0.3 is 0 Å². The van der Waals surface area contributed by atoms with Gasteiger partial charge in [-0.3, -0.25) is 0 Å². The fraction of sp³-hybridized carbons (Fsp3) is 0.625. The highest BCUT2D eigenvalue weighted by Crippen LogP contribution is 2.36. The number of hydrogen-bond donors (Lipinski definition) is 1. The maximum atomic E-state index is 5.55. The maximum Gasteiger partial charge on any atom is 0.122 e. The highest BCUT2D eigenvalue weighted by Gasteiger charge is 2.27. The summed E-state index contributed by atoms with van der Waals surface area (Å²) in [4.78, 5) is 0. The van der Waals surface area contributed by atoms with Crippen molar-refractivity contribution in [3.63, 3.8) is 0 Å². The molecule has 1 rings (SSSR count). The highest BCUT2D eigenvalue weighted by molar-refractivity contribution is 5.43. The number of benzene rings is 1. The number of methoxy groups -OCH3 is 1. The minimum absolute atomic E-state index is 0.116. The highest BCUT2D eigenvalue weighted by atomic mass is 16.5. The molecule has 0 bridgehead atoms. The third-order valence-corrected chi connectivity index (χ3v) is 3.89. The number of hydrogen-bond acceptors (Lipinski definition) is 2. The average Bonchev–Trinajstić information content (AvgIpc) is 2.38. The van der Waals surface area contributed by atoms with Crippen LogP contribution in [0.1, 0.15) is 51.2 Å². The zero-order valence-corrected chi connectivity index (χ0v) is 12.6. The lowest BCUT2D eigenvalue weighted by Gasteiger charge is -2.31. The first-order valence-corrected chi connectivity index (χ1v) is 6.81. The number of rotatable bonds is 6. The summed E-state index contributed by atoms with van der Waals surface area (Å²) in [6.45, 7) is 9.95. The van der Waals surface area contributed by atoms with E-state index in [1.54, 1.807) is 7.11 Å². The second-order valence-electron chi connectivity index (χ2n) is 5.56. The van der Waals surface area contributed by atoms with Crippen LogP contribution in [0.4, 0.5) is 0 Å². The quantitative estimate of drug-likeness (QED) is 0.830. The van der Waals surface area contributed by atoms with Crippen LogP contribution < -0.4 is 10.1 Å². The number of ether oxygens (including phenoxy) is 1. The Hall–Kier alpha value is -1.02. The summed E-state index contributed by atoms with van der Waals surface area (Å²) in [6.07, 6.45) is 1.09. The van der Waals surface area contributed by atoms with E-state index in [4.69, 9.17) is 4.74 Å². The predicted octanol–water partition coefficient (Wildman–Crippen LogP) is 3.71. The van der Waals surface area contributed by atoms with Crippen LogP contribution in [0.15, 0.2) is 18.2 Å². The SMILES string of the molecule is CCC(C)(CNC)c1cc(C(C)C)ccc1OC. The Morgan fingerprint density at radius 1 is 1.33 bits per heavy atom. The molecule has 102 valence electrons. The molecule has 1 atom stereocenters. The van der Waals surface area contributed by atoms with Gasteiger partial charge < -0.3 is 10.1 Å². The van der Waals surface area contributed by atoms with Crippen LogP contribution >= 0.6 is 0 Å². The molecule has 0 aliphatic heterocycles. The Morgan fingerprint density at radius 3 is 2.44 bits per heavy atom. The van der Waals surface area contributed by atoms with Crippen molar-refractivity contribution in [1.29, 1.82) is 0 Å². The summed E-state index contributed by atoms with van der Waals surface area (Å²) in [7, 11) is 3.76. The van der Waals surface area contributed by atoms with Gasteiger partial charge in [0.15, 0.2) is 0 Å². The summed E-state index contributed by atoms with van der Waals surface area (Å²) in [6, 6.07) is 6.58. The van der Waals surface area contributed by atoms with E-state index in [-0.39, 0.29) is 5.41 Å². The molecule has 1 N–H and O–H groups in total. The second-order valence-corrected chi connectivity index (χ2v) is 5.56. The number of likely N-dealkylation sites (N-methyl/N-ethyl adjacent to an activating group) is 1. The van der Waals surface area contributed by atoms with Crippen molar-refractivity contribution >= 4 is 0 Å². The molecule has 1 aromatic rings. The Labute approximate surface area is 112 Å². The van der Waals surface area contributed by atoms with Crippen molar-refractivity contribution < 1.29 is 4.74 Å². The molecule has 1 aromatic carbocycles. The van der Waals surface area contributed by atoms with Gasteiger partial charge in [0.25, 0.3) is 0 Å². The van der Waals surface area contributed by atoms with Gasteiger partial charge in [0, 0.05) is 17.5 Å². The van der Waals surface area contributed by atoms with E-state index >= 15 is 0 Å². The average molecular weight is 249 g/mol. The lowest BCUT2D eigenvalue weighted by Crippen LogP contribution is -2.33. The molecule has 0 saturated heterocycles. The first-order valence-electron chi connectivity index (χ1n) is 6.81. The van der Waals surface area contributed by atoms with Crippen LogP contribution in [-0.4, -0.2) is 20.7 Å². The topological polar surface area (TPSA) is 21.3 Å². The van der Waals surface area contributed by atoms with Gasteiger partial charge in [0.1, 0.15) is 5.75 Å². The minimum atomic E-state index is 0.116. The Kier molecular flexibility index (Phi) is 5.21. The normalized spacial score (nSPS) is 14.6. The third-order valence-electron chi connectivity index (χ3n) is 3.89. The first-order chi connectivity index (χ1) is 8.48. The fourth-order valence-corrected chi connectivity index (χ4v) is 2.36. The van der Waals surface area contributed by atoms with Crippen LogP contribution in [0.5, 0.6) is 5.75 Å². The summed E-state index contributed by atoms with van der Waals surface area (Å²) < 4.78 is 5.55. The molecule has 2 nitrogen and oxygen atoms in total. The van der Waals surface area contributed by atoms with Crippen LogP contribution in [-0.2, 0) is 5.41 Å². The second kappa shape index (κ2) is 6.24. The zero-order valence-electron chi connectivity index (χ0n) is 12.6. The monoisotopic (exact) mass is 249 g/mol. The molecular formula is C16H27NO. The minimum Gasteiger partial charge on any atom is -0.496 e. The molecule has 0 heterocycles. The van der Waals surface area contributed by atoms with Crippen LogP contribution in [0.2, 0.25) is 0 Å². The van der Waals surface area contributed by atoms with Crippen LogP contribution in [0, 0.1) is 0 Å². The lowest BCUT2D eigenvalue weighted by atomic mass is 9.78. The maximum absolute atomic E-state index is 5.55. The van der Waals surface area contributed by atoms with E-state index in [0.717, 1.165) is 18.7 Å². The Balaban J connectivity index is 3.29. The van der Waals surface area contributed by atoms with Crippen molar-refractivity contribution in [1.82, 2.24) is 5.32 Å². The molecular weight excluding hydrogens is 222 g/mol. The van der Waals surface area contributed by atoms with Crippen molar-refractivity contribution in [2.75, 3.05) is 20.7 Å². The van der Waals surface area contributed by atoms with Gasteiger partial charge in [0.05, 0.1) is 7.11 Å². The summed E-state index contributed by atoms with van der Waals surface area (Å²) in [5.74, 6) is 1.55. The van der Waals surface area contributed by atoms with Gasteiger partial charge in [-0.2, -0.15) is 0 Å². The third kappa shape index (κ3) is 3.05. The molecule has 0 fully saturated rings.